The van der Waals surface area contributed by atoms with E-state index in [1.54, 1.807) is 39.0 Å². The van der Waals surface area contributed by atoms with Crippen LogP contribution in [0.5, 0.6) is 11.8 Å². The zero-order chi connectivity index (χ0) is 66.3. The Morgan fingerprint density at radius 2 is 1.05 bits per heavy atom. The number of hydrogen-bond donors (Lipinski definition) is 4. The Morgan fingerprint density at radius 3 is 1.48 bits per heavy atom. The minimum absolute atomic E-state index is 0.0735. The van der Waals surface area contributed by atoms with Gasteiger partial charge in [0.1, 0.15) is 47.8 Å². The SMILES string of the molecule is C=CCCCCOC(=O)N[C@H](C(=O)N1C[C@H](Oc2nc3ccccc3nc2-c2cccc(C=C)c2)C[C@H]1C(=O)OC)C(C)(C)C.C=CCCCCOC(=O)N[C@H](C(=O)O)C(C)(C)C.C=Cc1cccc(-c2nc3ccccc3nc2O[C@H]2CN[C@H](C(=O)OC)C2)c1. The average Bonchev–Trinajstić information content (AvgIpc) is 1.85. The number of carbonyl (C=O) groups excluding carboxylic acids is 5. The summed E-state index contributed by atoms with van der Waals surface area (Å²) in [4.78, 5) is 94.5. The quantitative estimate of drug-likeness (QED) is 0.0190. The van der Waals surface area contributed by atoms with Gasteiger partial charge < -0.3 is 54.4 Å². The molecule has 6 atom stereocenters. The minimum atomic E-state index is -1.06. The van der Waals surface area contributed by atoms with Gasteiger partial charge in [-0.1, -0.05) is 140 Å². The Labute approximate surface area is 532 Å². The summed E-state index contributed by atoms with van der Waals surface area (Å²) in [6.07, 6.45) is 10.6. The van der Waals surface area contributed by atoms with Gasteiger partial charge in [0.15, 0.2) is 0 Å². The predicted molar refractivity (Wildman–Crippen MR) is 351 cm³/mol. The van der Waals surface area contributed by atoms with Gasteiger partial charge in [-0.15, -0.1) is 13.2 Å². The Morgan fingerprint density at radius 1 is 0.604 bits per heavy atom. The van der Waals surface area contributed by atoms with Crippen LogP contribution in [0.4, 0.5) is 9.59 Å². The van der Waals surface area contributed by atoms with E-state index in [1.165, 1.54) is 19.1 Å². The van der Waals surface area contributed by atoms with Crippen LogP contribution in [0.3, 0.4) is 0 Å². The van der Waals surface area contributed by atoms with Crippen LogP contribution in [-0.4, -0.2) is 143 Å². The molecule has 91 heavy (non-hydrogen) atoms. The second-order valence-electron chi connectivity index (χ2n) is 23.9. The fourth-order valence-electron chi connectivity index (χ4n) is 9.94. The summed E-state index contributed by atoms with van der Waals surface area (Å²) >= 11 is 0. The number of alkyl carbamates (subject to hydrolysis) is 2. The summed E-state index contributed by atoms with van der Waals surface area (Å²) < 4.78 is 32.8. The fraction of sp³-hybridized carbons (Fsp3) is 0.400. The van der Waals surface area contributed by atoms with E-state index in [-0.39, 0.29) is 50.2 Å². The molecule has 4 heterocycles. The zero-order valence-corrected chi connectivity index (χ0v) is 53.4. The smallest absolute Gasteiger partial charge is 0.407 e. The van der Waals surface area contributed by atoms with Crippen molar-refractivity contribution in [2.24, 2.45) is 10.8 Å². The highest BCUT2D eigenvalue weighted by Crippen LogP contribution is 2.35. The van der Waals surface area contributed by atoms with E-state index in [2.05, 4.69) is 42.3 Å². The third kappa shape index (κ3) is 20.5. The molecule has 0 unspecified atom stereocenters. The van der Waals surface area contributed by atoms with Crippen LogP contribution < -0.4 is 25.4 Å². The number of likely N-dealkylation sites (tertiary alicyclic amines) is 1. The molecule has 2 aliphatic rings. The Bertz CT molecular complexity index is 3520. The number of carboxylic acid groups (broad SMARTS) is 1. The lowest BCUT2D eigenvalue weighted by atomic mass is 9.85. The first-order chi connectivity index (χ1) is 43.5. The first-order valence-electron chi connectivity index (χ1n) is 30.4. The minimum Gasteiger partial charge on any atom is -0.480 e. The van der Waals surface area contributed by atoms with E-state index >= 15 is 0 Å². The van der Waals surface area contributed by atoms with Crippen LogP contribution >= 0.6 is 0 Å². The number of esters is 2. The third-order valence-corrected chi connectivity index (χ3v) is 14.8. The van der Waals surface area contributed by atoms with E-state index in [4.69, 9.17) is 53.5 Å². The number of aliphatic carboxylic acids is 1. The summed E-state index contributed by atoms with van der Waals surface area (Å²) in [6, 6.07) is 27.6. The van der Waals surface area contributed by atoms with E-state index in [0.29, 0.717) is 47.7 Å². The number of aromatic nitrogens is 4. The van der Waals surface area contributed by atoms with Gasteiger partial charge in [-0.3, -0.25) is 9.59 Å². The largest absolute Gasteiger partial charge is 0.480 e. The summed E-state index contributed by atoms with van der Waals surface area (Å²) in [5.41, 5.74) is 6.45. The lowest BCUT2D eigenvalue weighted by Crippen LogP contribution is -2.57. The maximum Gasteiger partial charge on any atom is 0.407 e. The molecule has 4 aromatic carbocycles. The van der Waals surface area contributed by atoms with Gasteiger partial charge in [0.2, 0.25) is 17.7 Å². The molecule has 484 valence electrons. The van der Waals surface area contributed by atoms with Crippen molar-refractivity contribution in [2.45, 2.75) is 129 Å². The lowest BCUT2D eigenvalue weighted by Gasteiger charge is -2.34. The highest BCUT2D eigenvalue weighted by atomic mass is 16.6. The number of nitrogens with zero attached hydrogens (tertiary/aromatic N) is 5. The van der Waals surface area contributed by atoms with Gasteiger partial charge in [0.05, 0.1) is 56.0 Å². The summed E-state index contributed by atoms with van der Waals surface area (Å²) in [7, 11) is 2.67. The third-order valence-electron chi connectivity index (χ3n) is 14.8. The molecule has 4 N–H and O–H groups in total. The van der Waals surface area contributed by atoms with Crippen LogP contribution in [0, 0.1) is 10.8 Å². The molecule has 0 spiro atoms. The molecule has 3 amide bonds. The van der Waals surface area contributed by atoms with E-state index < -0.39 is 65.1 Å². The number of carbonyl (C=O) groups is 6. The molecule has 8 rings (SSSR count). The molecular weight excluding hydrogens is 1160 g/mol. The van der Waals surface area contributed by atoms with Gasteiger partial charge in [-0.2, -0.15) is 0 Å². The van der Waals surface area contributed by atoms with Crippen LogP contribution in [0.25, 0.3) is 56.7 Å². The maximum atomic E-state index is 14.0. The number of fused-ring (bicyclic) bond motifs is 2. The molecule has 2 aliphatic heterocycles. The van der Waals surface area contributed by atoms with Gasteiger partial charge >= 0.3 is 30.1 Å². The van der Waals surface area contributed by atoms with Crippen LogP contribution in [0.1, 0.15) is 104 Å². The molecule has 6 aromatic rings. The number of benzene rings is 4. The number of hydrogen-bond acceptors (Lipinski definition) is 17. The van der Waals surface area contributed by atoms with Crippen molar-refractivity contribution in [3.05, 3.63) is 147 Å². The number of unbranched alkanes of at least 4 members (excludes halogenated alkanes) is 4. The maximum absolute atomic E-state index is 14.0. The Kier molecular flexibility index (Phi) is 26.3. The number of amides is 3. The Balaban J connectivity index is 0.000000243. The van der Waals surface area contributed by atoms with E-state index in [0.717, 1.165) is 65.4 Å². The van der Waals surface area contributed by atoms with Crippen molar-refractivity contribution in [1.82, 2.24) is 40.8 Å². The monoisotopic (exact) mass is 1250 g/mol. The standard InChI is InChI=1S/C35H42N4O6.C22H21N3O3.C13H23NO4/c1-7-9-10-13-19-44-34(42)38-30(35(3,4)5)32(40)39-22-25(21-28(39)33(41)43-6)45-31-29(24-16-14-15-23(8-2)20-24)36-26-17-11-12-18-27(26)37-31;1-3-14-7-6-8-15(11-14)20-21(25-18-10-5-4-9-17(18)24-20)28-16-12-19(23-13-16)22(26)27-2;1-5-6-7-8-9-18-12(17)14-10(11(15)16)13(2,3)4/h7-8,11-12,14-18,20,25,28,30H,1-2,9-10,13,19,21-22H2,3-6H3,(H,38,42);3-11,16,19,23H,1,12-13H2,2H3;5,10H,1,6-9H2,2-4H3,(H,14,17)(H,15,16)/t25-,28+,30-;16-,19+;10-/m111/s1. The summed E-state index contributed by atoms with van der Waals surface area (Å²) in [5.74, 6) is -1.62. The number of methoxy groups -OCH3 is 2. The molecule has 21 heteroatoms. The molecule has 2 saturated heterocycles. The van der Waals surface area contributed by atoms with Crippen LogP contribution in [0.2, 0.25) is 0 Å². The fourth-order valence-corrected chi connectivity index (χ4v) is 9.94. The zero-order valence-electron chi connectivity index (χ0n) is 53.4. The summed E-state index contributed by atoms with van der Waals surface area (Å²) in [6.45, 7) is 26.9. The second kappa shape index (κ2) is 33.9. The first kappa shape index (κ1) is 70.6. The van der Waals surface area contributed by atoms with E-state index in [9.17, 15) is 28.8 Å². The average molecular weight is 1250 g/mol. The molecule has 21 nitrogen and oxygen atoms in total. The highest BCUT2D eigenvalue weighted by molar-refractivity contribution is 5.91. The normalized spacial score (nSPS) is 16.6. The molecule has 0 radical (unpaired) electrons. The molecule has 2 fully saturated rings. The van der Waals surface area contributed by atoms with Gasteiger partial charge in [-0.05, 0) is 96.9 Å². The highest BCUT2D eigenvalue weighted by Gasteiger charge is 2.47. The lowest BCUT2D eigenvalue weighted by molar-refractivity contribution is -0.152. The van der Waals surface area contributed by atoms with Crippen molar-refractivity contribution in [3.63, 3.8) is 0 Å². The molecule has 0 aliphatic carbocycles. The first-order valence-corrected chi connectivity index (χ1v) is 30.4. The van der Waals surface area contributed by atoms with Gasteiger partial charge in [-0.25, -0.2) is 39.1 Å². The predicted octanol–water partition coefficient (Wildman–Crippen LogP) is 11.7. The van der Waals surface area contributed by atoms with Gasteiger partial charge in [0.25, 0.3) is 0 Å². The van der Waals surface area contributed by atoms with Crippen molar-refractivity contribution in [3.8, 4) is 34.3 Å². The second-order valence-corrected chi connectivity index (χ2v) is 23.9. The molecule has 0 bridgehead atoms. The van der Waals surface area contributed by atoms with Crippen molar-refractivity contribution in [1.29, 1.82) is 0 Å². The topological polar surface area (TPSA) is 269 Å². The number of nitrogens with one attached hydrogen (secondary N) is 3. The number of rotatable bonds is 24. The van der Waals surface area contributed by atoms with Crippen molar-refractivity contribution in [2.75, 3.05) is 40.5 Å². The van der Waals surface area contributed by atoms with Crippen LogP contribution in [-0.2, 0) is 38.1 Å². The molecular formula is C70H86N8O13. The number of para-hydroxylation sites is 4. The van der Waals surface area contributed by atoms with Crippen molar-refractivity contribution >= 4 is 70.2 Å². The van der Waals surface area contributed by atoms with Crippen LogP contribution in [0.15, 0.2) is 136 Å². The van der Waals surface area contributed by atoms with Crippen molar-refractivity contribution < 1.29 is 62.3 Å². The Hall–Kier alpha value is -9.50. The number of carboxylic acids is 1. The van der Waals surface area contributed by atoms with Gasteiger partial charge in [0, 0.05) is 30.5 Å². The van der Waals surface area contributed by atoms with E-state index in [1.807, 2.05) is 124 Å². The number of ether oxygens (including phenoxy) is 6. The summed E-state index contributed by atoms with van der Waals surface area (Å²) in [5, 5.41) is 17.2. The molecule has 0 saturated carbocycles. The number of allylic oxidation sites excluding steroid dienone is 2. The molecule has 2 aromatic heterocycles.